The van der Waals surface area contributed by atoms with Crippen LogP contribution >= 0.6 is 11.8 Å². The molecule has 1 aromatic carbocycles. The average Bonchev–Trinajstić information content (AvgIpc) is 2.74. The zero-order chi connectivity index (χ0) is 14.0. The fourth-order valence-electron chi connectivity index (χ4n) is 1.59. The summed E-state index contributed by atoms with van der Waals surface area (Å²) in [6.07, 6.45) is 0. The first kappa shape index (κ1) is 13.9. The topological polar surface area (TPSA) is 59.2 Å². The Balaban J connectivity index is 2.16. The van der Waals surface area contributed by atoms with Crippen molar-refractivity contribution in [1.29, 1.82) is 0 Å². The summed E-state index contributed by atoms with van der Waals surface area (Å²) in [4.78, 5) is 4.39. The van der Waals surface area contributed by atoms with Crippen LogP contribution in [0.5, 0.6) is 5.75 Å². The van der Waals surface area contributed by atoms with Gasteiger partial charge in [-0.25, -0.2) is 0 Å². The Morgan fingerprint density at radius 3 is 2.68 bits per heavy atom. The third-order valence-electron chi connectivity index (χ3n) is 2.54. The smallest absolute Gasteiger partial charge is 0.258 e. The minimum absolute atomic E-state index is 0.176. The molecular weight excluding hydrogens is 260 g/mol. The minimum atomic E-state index is 0.176. The Kier molecular flexibility index (Phi) is 3.85. The summed E-state index contributed by atoms with van der Waals surface area (Å²) >= 11 is 1.78. The Bertz CT molecular complexity index is 573. The van der Waals surface area contributed by atoms with Crippen molar-refractivity contribution in [2.24, 2.45) is 0 Å². The average molecular weight is 278 g/mol. The van der Waals surface area contributed by atoms with E-state index in [1.165, 1.54) is 0 Å². The van der Waals surface area contributed by atoms with Crippen molar-refractivity contribution >= 4 is 11.8 Å². The highest BCUT2D eigenvalue weighted by Gasteiger charge is 2.15. The van der Waals surface area contributed by atoms with Crippen LogP contribution in [0.2, 0.25) is 0 Å². The van der Waals surface area contributed by atoms with E-state index in [-0.39, 0.29) is 10.5 Å². The second kappa shape index (κ2) is 5.25. The van der Waals surface area contributed by atoms with Gasteiger partial charge in [0.2, 0.25) is 0 Å². The first-order valence-corrected chi connectivity index (χ1v) is 7.10. The number of hydrogen-bond acceptors (Lipinski definition) is 5. The van der Waals surface area contributed by atoms with E-state index in [4.69, 9.17) is 4.52 Å². The molecule has 0 saturated carbocycles. The van der Waals surface area contributed by atoms with E-state index in [0.29, 0.717) is 11.7 Å². The number of hydrogen-bond donors (Lipinski definition) is 1. The molecule has 0 radical (unpaired) electrons. The van der Waals surface area contributed by atoms with Crippen LogP contribution < -0.4 is 0 Å². The number of phenols is 1. The minimum Gasteiger partial charge on any atom is -0.508 e. The largest absolute Gasteiger partial charge is 0.508 e. The highest BCUT2D eigenvalue weighted by atomic mass is 32.2. The molecule has 19 heavy (non-hydrogen) atoms. The molecule has 1 aromatic heterocycles. The lowest BCUT2D eigenvalue weighted by atomic mass is 10.1. The van der Waals surface area contributed by atoms with Crippen molar-refractivity contribution < 1.29 is 9.63 Å². The van der Waals surface area contributed by atoms with Crippen LogP contribution in [-0.2, 0) is 5.75 Å². The van der Waals surface area contributed by atoms with E-state index >= 15 is 0 Å². The fourth-order valence-corrected chi connectivity index (χ4v) is 2.27. The Hall–Kier alpha value is -1.49. The van der Waals surface area contributed by atoms with Crippen LogP contribution in [0.25, 0.3) is 11.5 Å². The molecule has 0 bridgehead atoms. The molecular formula is C14H18N2O2S. The monoisotopic (exact) mass is 278 g/mol. The second-order valence-corrected chi connectivity index (χ2v) is 7.22. The van der Waals surface area contributed by atoms with E-state index in [9.17, 15) is 5.11 Å². The van der Waals surface area contributed by atoms with Crippen LogP contribution in [0.1, 0.15) is 32.2 Å². The first-order chi connectivity index (χ1) is 8.85. The van der Waals surface area contributed by atoms with Gasteiger partial charge in [-0.2, -0.15) is 4.98 Å². The molecule has 0 fully saturated rings. The normalized spacial score (nSPS) is 11.8. The van der Waals surface area contributed by atoms with Crippen molar-refractivity contribution in [1.82, 2.24) is 10.1 Å². The van der Waals surface area contributed by atoms with Gasteiger partial charge < -0.3 is 9.63 Å². The molecule has 2 rings (SSSR count). The quantitative estimate of drug-likeness (QED) is 0.925. The molecule has 2 aromatic rings. The summed E-state index contributed by atoms with van der Waals surface area (Å²) in [7, 11) is 0. The molecule has 0 unspecified atom stereocenters. The van der Waals surface area contributed by atoms with Crippen LogP contribution in [0.4, 0.5) is 0 Å². The Morgan fingerprint density at radius 1 is 1.32 bits per heavy atom. The van der Waals surface area contributed by atoms with E-state index < -0.39 is 0 Å². The van der Waals surface area contributed by atoms with Gasteiger partial charge in [-0.1, -0.05) is 25.9 Å². The van der Waals surface area contributed by atoms with Gasteiger partial charge in [0.25, 0.3) is 5.89 Å². The lowest BCUT2D eigenvalue weighted by Crippen LogP contribution is -2.07. The number of aromatic hydroxyl groups is 1. The third kappa shape index (κ3) is 3.73. The Labute approximate surface area is 117 Å². The van der Waals surface area contributed by atoms with Gasteiger partial charge >= 0.3 is 0 Å². The van der Waals surface area contributed by atoms with Gasteiger partial charge in [0.1, 0.15) is 5.75 Å². The van der Waals surface area contributed by atoms with Crippen molar-refractivity contribution in [3.63, 3.8) is 0 Å². The molecule has 102 valence electrons. The molecule has 0 aliphatic carbocycles. The SMILES string of the molecule is Cc1cc(O)ccc1-c1nc(CSC(C)(C)C)no1. The summed E-state index contributed by atoms with van der Waals surface area (Å²) in [6, 6.07) is 5.10. The Morgan fingerprint density at radius 2 is 2.05 bits per heavy atom. The van der Waals surface area contributed by atoms with E-state index in [1.807, 2.05) is 6.92 Å². The van der Waals surface area contributed by atoms with Gasteiger partial charge in [-0.3, -0.25) is 0 Å². The van der Waals surface area contributed by atoms with Crippen LogP contribution in [-0.4, -0.2) is 20.0 Å². The molecule has 0 saturated heterocycles. The number of benzene rings is 1. The van der Waals surface area contributed by atoms with E-state index in [0.717, 1.165) is 16.9 Å². The molecule has 0 spiro atoms. The van der Waals surface area contributed by atoms with E-state index in [1.54, 1.807) is 30.0 Å². The van der Waals surface area contributed by atoms with Gasteiger partial charge in [-0.05, 0) is 30.7 Å². The summed E-state index contributed by atoms with van der Waals surface area (Å²) in [5, 5.41) is 13.4. The zero-order valence-corrected chi connectivity index (χ0v) is 12.4. The molecule has 0 atom stereocenters. The van der Waals surface area contributed by atoms with Crippen molar-refractivity contribution in [3.8, 4) is 17.2 Å². The summed E-state index contributed by atoms with van der Waals surface area (Å²) < 4.78 is 5.46. The third-order valence-corrected chi connectivity index (χ3v) is 3.81. The molecule has 0 aliphatic heterocycles. The summed E-state index contributed by atoms with van der Waals surface area (Å²) in [5.74, 6) is 2.16. The number of phenolic OH excluding ortho intramolecular Hbond substituents is 1. The molecule has 4 nitrogen and oxygen atoms in total. The molecule has 0 aliphatic rings. The second-order valence-electron chi connectivity index (χ2n) is 5.42. The van der Waals surface area contributed by atoms with Crippen molar-refractivity contribution in [2.45, 2.75) is 38.2 Å². The maximum atomic E-state index is 9.39. The predicted octanol–water partition coefficient (Wildman–Crippen LogP) is 3.78. The number of aryl methyl sites for hydroxylation is 1. The number of nitrogens with zero attached hydrogens (tertiary/aromatic N) is 2. The lowest BCUT2D eigenvalue weighted by Gasteiger charge is -2.15. The molecule has 1 heterocycles. The molecule has 5 heteroatoms. The number of aromatic nitrogens is 2. The summed E-state index contributed by atoms with van der Waals surface area (Å²) in [6.45, 7) is 8.37. The highest BCUT2D eigenvalue weighted by molar-refractivity contribution is 7.99. The van der Waals surface area contributed by atoms with Crippen molar-refractivity contribution in [2.75, 3.05) is 0 Å². The summed E-state index contributed by atoms with van der Waals surface area (Å²) in [5.41, 5.74) is 1.77. The highest BCUT2D eigenvalue weighted by Crippen LogP contribution is 2.28. The van der Waals surface area contributed by atoms with E-state index in [2.05, 4.69) is 30.9 Å². The van der Waals surface area contributed by atoms with Crippen LogP contribution in [0.15, 0.2) is 22.7 Å². The number of rotatable bonds is 3. The number of thioether (sulfide) groups is 1. The van der Waals surface area contributed by atoms with Crippen LogP contribution in [0.3, 0.4) is 0 Å². The van der Waals surface area contributed by atoms with Gasteiger partial charge in [0.05, 0.1) is 5.75 Å². The fraction of sp³-hybridized carbons (Fsp3) is 0.429. The van der Waals surface area contributed by atoms with Crippen LogP contribution in [0, 0.1) is 6.92 Å². The molecule has 0 amide bonds. The zero-order valence-electron chi connectivity index (χ0n) is 11.6. The van der Waals surface area contributed by atoms with Crippen molar-refractivity contribution in [3.05, 3.63) is 29.6 Å². The predicted molar refractivity (Wildman–Crippen MR) is 77.2 cm³/mol. The van der Waals surface area contributed by atoms with Gasteiger partial charge in [0.15, 0.2) is 5.82 Å². The lowest BCUT2D eigenvalue weighted by molar-refractivity contribution is 0.424. The molecule has 1 N–H and O–H groups in total. The standard InChI is InChI=1S/C14H18N2O2S/c1-9-7-10(17)5-6-11(9)13-15-12(16-18-13)8-19-14(2,3)4/h5-7,17H,8H2,1-4H3. The van der Waals surface area contributed by atoms with Gasteiger partial charge in [0, 0.05) is 10.3 Å². The van der Waals surface area contributed by atoms with Gasteiger partial charge in [-0.15, -0.1) is 11.8 Å². The maximum Gasteiger partial charge on any atom is 0.258 e. The maximum absolute atomic E-state index is 9.39. The first-order valence-electron chi connectivity index (χ1n) is 6.12.